The van der Waals surface area contributed by atoms with Crippen molar-refractivity contribution in [2.45, 2.75) is 12.5 Å². The van der Waals surface area contributed by atoms with E-state index in [1.165, 1.54) is 0 Å². The molecule has 0 saturated heterocycles. The Labute approximate surface area is 263 Å². The average molecular weight is 600 g/mol. The maximum atomic E-state index is 14.5. The largest absolute Gasteiger partial charge is 0.424 e. The summed E-state index contributed by atoms with van der Waals surface area (Å²) in [6.07, 6.45) is 0.0851. The molecule has 0 N–H and O–H groups in total. The number of hydrogen-bond donors (Lipinski definition) is 0. The smallest absolute Gasteiger partial charge is 0.335 e. The average Bonchev–Trinajstić information content (AvgIpc) is 3.36. The summed E-state index contributed by atoms with van der Waals surface area (Å²) in [6.45, 7) is 0. The first-order valence-corrected chi connectivity index (χ1v) is 15.0. The van der Waals surface area contributed by atoms with Crippen molar-refractivity contribution in [1.82, 2.24) is 14.9 Å². The quantitative estimate of drug-likeness (QED) is 0.0650. The standard InChI is InChI=1S/C39H25N3O4/c43-37-28-19-9-10-20-29(28)38(44)42(37)32(23-24-13-3-1-4-14-24)39(45)46-36-27-18-8-7-17-26(27)34-35(33(36)25-15-5-2-6-16-25)41-31-22-12-11-21-30(31)40-34/h1-22,32H,23H2/t32-/m1/s1. The van der Waals surface area contributed by atoms with E-state index in [4.69, 9.17) is 14.7 Å². The number of esters is 1. The number of rotatable bonds is 6. The molecule has 0 radical (unpaired) electrons. The zero-order valence-electron chi connectivity index (χ0n) is 24.5. The highest BCUT2D eigenvalue weighted by atomic mass is 16.5. The Balaban J connectivity index is 1.34. The number of ether oxygens (including phenoxy) is 1. The zero-order valence-corrected chi connectivity index (χ0v) is 24.5. The molecule has 1 atom stereocenters. The molecule has 0 aliphatic carbocycles. The van der Waals surface area contributed by atoms with E-state index in [0.717, 1.165) is 26.9 Å². The number of fused-ring (bicyclic) bond motifs is 5. The Morgan fingerprint density at radius 3 is 1.78 bits per heavy atom. The highest BCUT2D eigenvalue weighted by Crippen LogP contribution is 2.43. The number of benzene rings is 6. The van der Waals surface area contributed by atoms with Gasteiger partial charge in [0, 0.05) is 17.2 Å². The van der Waals surface area contributed by atoms with Crippen molar-refractivity contribution in [3.05, 3.63) is 150 Å². The summed E-state index contributed by atoms with van der Waals surface area (Å²) in [5.74, 6) is -1.49. The van der Waals surface area contributed by atoms with Gasteiger partial charge in [-0.05, 0) is 35.4 Å². The maximum absolute atomic E-state index is 14.5. The van der Waals surface area contributed by atoms with Crippen LogP contribution in [0.1, 0.15) is 26.3 Å². The van der Waals surface area contributed by atoms with Crippen LogP contribution in [-0.2, 0) is 11.2 Å². The third-order valence-electron chi connectivity index (χ3n) is 8.41. The lowest BCUT2D eigenvalue weighted by atomic mass is 9.96. The first-order valence-electron chi connectivity index (χ1n) is 15.0. The van der Waals surface area contributed by atoms with Crippen LogP contribution in [0.5, 0.6) is 5.75 Å². The topological polar surface area (TPSA) is 89.5 Å². The first kappa shape index (κ1) is 27.3. The van der Waals surface area contributed by atoms with Gasteiger partial charge in [0.2, 0.25) is 0 Å². The number of carbonyl (C=O) groups excluding carboxylic acids is 3. The Kier molecular flexibility index (Phi) is 6.57. The van der Waals surface area contributed by atoms with Crippen molar-refractivity contribution in [2.24, 2.45) is 0 Å². The van der Waals surface area contributed by atoms with E-state index >= 15 is 0 Å². The predicted octanol–water partition coefficient (Wildman–Crippen LogP) is 7.42. The molecular weight excluding hydrogens is 574 g/mol. The van der Waals surface area contributed by atoms with Gasteiger partial charge in [0.15, 0.2) is 0 Å². The molecule has 0 fully saturated rings. The Morgan fingerprint density at radius 1 is 0.609 bits per heavy atom. The summed E-state index contributed by atoms with van der Waals surface area (Å²) in [4.78, 5) is 53.0. The van der Waals surface area contributed by atoms with Gasteiger partial charge in [-0.15, -0.1) is 0 Å². The highest BCUT2D eigenvalue weighted by molar-refractivity contribution is 6.23. The van der Waals surface area contributed by atoms with Gasteiger partial charge in [0.1, 0.15) is 17.3 Å². The van der Waals surface area contributed by atoms with Crippen LogP contribution in [0.2, 0.25) is 0 Å². The summed E-state index contributed by atoms with van der Waals surface area (Å²) >= 11 is 0. The molecule has 8 rings (SSSR count). The zero-order chi connectivity index (χ0) is 31.2. The Hall–Kier alpha value is -6.21. The van der Waals surface area contributed by atoms with E-state index in [2.05, 4.69) is 0 Å². The summed E-state index contributed by atoms with van der Waals surface area (Å²) < 4.78 is 6.42. The molecule has 7 aromatic rings. The minimum atomic E-state index is -1.23. The van der Waals surface area contributed by atoms with Gasteiger partial charge in [-0.25, -0.2) is 14.8 Å². The molecule has 6 aromatic carbocycles. The van der Waals surface area contributed by atoms with Gasteiger partial charge < -0.3 is 4.74 Å². The van der Waals surface area contributed by atoms with Gasteiger partial charge in [0.05, 0.1) is 33.2 Å². The number of nitrogens with zero attached hydrogens (tertiary/aromatic N) is 3. The Bertz CT molecular complexity index is 2300. The fourth-order valence-electron chi connectivity index (χ4n) is 6.25. The molecule has 1 aliphatic rings. The SMILES string of the molecule is O=C(Oc1c(-c2ccccc2)c2nc3ccccc3nc2c2ccccc12)[C@@H](Cc1ccccc1)N1C(=O)c2ccccc2C1=O. The molecule has 7 nitrogen and oxygen atoms in total. The minimum absolute atomic E-state index is 0.0851. The normalized spacial score (nSPS) is 13.3. The molecule has 220 valence electrons. The molecule has 0 bridgehead atoms. The van der Waals surface area contributed by atoms with Crippen LogP contribution < -0.4 is 4.74 Å². The number of amides is 2. The predicted molar refractivity (Wildman–Crippen MR) is 176 cm³/mol. The van der Waals surface area contributed by atoms with Crippen molar-refractivity contribution in [3.8, 4) is 16.9 Å². The number of imide groups is 1. The molecular formula is C39H25N3O4. The second-order valence-corrected chi connectivity index (χ2v) is 11.2. The molecule has 1 aliphatic heterocycles. The van der Waals surface area contributed by atoms with E-state index in [0.29, 0.717) is 33.2 Å². The van der Waals surface area contributed by atoms with Gasteiger partial charge in [-0.2, -0.15) is 0 Å². The lowest BCUT2D eigenvalue weighted by Gasteiger charge is -2.26. The monoisotopic (exact) mass is 599 g/mol. The molecule has 1 aromatic heterocycles. The second kappa shape index (κ2) is 11.1. The van der Waals surface area contributed by atoms with Crippen LogP contribution in [0.4, 0.5) is 0 Å². The molecule has 0 unspecified atom stereocenters. The summed E-state index contributed by atoms with van der Waals surface area (Å²) in [5.41, 5.74) is 5.40. The molecule has 2 amide bonds. The molecule has 0 saturated carbocycles. The van der Waals surface area contributed by atoms with E-state index in [9.17, 15) is 14.4 Å². The van der Waals surface area contributed by atoms with Crippen LogP contribution in [0.15, 0.2) is 133 Å². The van der Waals surface area contributed by atoms with Crippen molar-refractivity contribution in [2.75, 3.05) is 0 Å². The third-order valence-corrected chi connectivity index (χ3v) is 8.41. The van der Waals surface area contributed by atoms with E-state index in [1.807, 2.05) is 109 Å². The van der Waals surface area contributed by atoms with Gasteiger partial charge in [-0.3, -0.25) is 14.5 Å². The highest BCUT2D eigenvalue weighted by Gasteiger charge is 2.44. The molecule has 7 heteroatoms. The summed E-state index contributed by atoms with van der Waals surface area (Å²) in [5, 5.41) is 1.42. The number of aromatic nitrogens is 2. The maximum Gasteiger partial charge on any atom is 0.335 e. The number of para-hydroxylation sites is 2. The molecule has 0 spiro atoms. The van der Waals surface area contributed by atoms with E-state index in [-0.39, 0.29) is 17.5 Å². The van der Waals surface area contributed by atoms with Crippen LogP contribution in [0, 0.1) is 0 Å². The summed E-state index contributed by atoms with van der Waals surface area (Å²) in [6, 6.07) is 39.5. The van der Waals surface area contributed by atoms with Crippen LogP contribution in [-0.4, -0.2) is 38.7 Å². The van der Waals surface area contributed by atoms with E-state index in [1.54, 1.807) is 24.3 Å². The van der Waals surface area contributed by atoms with Gasteiger partial charge >= 0.3 is 5.97 Å². The fourth-order valence-corrected chi connectivity index (χ4v) is 6.25. The van der Waals surface area contributed by atoms with Gasteiger partial charge in [-0.1, -0.05) is 109 Å². The van der Waals surface area contributed by atoms with Crippen molar-refractivity contribution in [1.29, 1.82) is 0 Å². The van der Waals surface area contributed by atoms with Crippen molar-refractivity contribution in [3.63, 3.8) is 0 Å². The number of carbonyl (C=O) groups is 3. The summed E-state index contributed by atoms with van der Waals surface area (Å²) in [7, 11) is 0. The number of hydrogen-bond acceptors (Lipinski definition) is 6. The van der Waals surface area contributed by atoms with Crippen LogP contribution >= 0.6 is 0 Å². The van der Waals surface area contributed by atoms with Crippen molar-refractivity contribution >= 4 is 50.6 Å². The first-order chi connectivity index (χ1) is 22.6. The van der Waals surface area contributed by atoms with Crippen molar-refractivity contribution < 1.29 is 19.1 Å². The third kappa shape index (κ3) is 4.49. The lowest BCUT2D eigenvalue weighted by molar-refractivity contribution is -0.138. The second-order valence-electron chi connectivity index (χ2n) is 11.2. The van der Waals surface area contributed by atoms with E-state index < -0.39 is 23.8 Å². The molecule has 46 heavy (non-hydrogen) atoms. The minimum Gasteiger partial charge on any atom is -0.424 e. The van der Waals surface area contributed by atoms with Crippen LogP contribution in [0.3, 0.4) is 0 Å². The Morgan fingerprint density at radius 2 is 1.13 bits per heavy atom. The van der Waals surface area contributed by atoms with Gasteiger partial charge in [0.25, 0.3) is 11.8 Å². The fraction of sp³-hybridized carbons (Fsp3) is 0.0513. The lowest BCUT2D eigenvalue weighted by Crippen LogP contribution is -2.48. The van der Waals surface area contributed by atoms with Crippen LogP contribution in [0.25, 0.3) is 44.0 Å². The molecule has 2 heterocycles.